The lowest BCUT2D eigenvalue weighted by molar-refractivity contribution is 0.715. The average Bonchev–Trinajstić information content (AvgIpc) is 2.31. The Morgan fingerprint density at radius 2 is 1.75 bits per heavy atom. The number of hydrogen-bond donors (Lipinski definition) is 0. The van der Waals surface area contributed by atoms with Gasteiger partial charge < -0.3 is 0 Å². The topological polar surface area (TPSA) is 44.0 Å². The van der Waals surface area contributed by atoms with Crippen molar-refractivity contribution in [3.05, 3.63) is 69.0 Å². The second-order valence-corrected chi connectivity index (χ2v) is 4.30. The molecule has 0 aliphatic heterocycles. The standard InChI is InChI=1S/C11H9IN2O2/c12-14-10(15)6-7-13(11(14)16)8-9-4-2-1-3-5-9/h1-7H,8H2. The van der Waals surface area contributed by atoms with Crippen molar-refractivity contribution in [1.82, 2.24) is 7.35 Å². The fourth-order valence-corrected chi connectivity index (χ4v) is 1.83. The first-order chi connectivity index (χ1) is 7.68. The van der Waals surface area contributed by atoms with Gasteiger partial charge in [0.25, 0.3) is 5.56 Å². The van der Waals surface area contributed by atoms with Crippen molar-refractivity contribution in [3.63, 3.8) is 0 Å². The number of hydrogen-bond acceptors (Lipinski definition) is 2. The van der Waals surface area contributed by atoms with E-state index in [0.717, 1.165) is 8.34 Å². The van der Waals surface area contributed by atoms with Gasteiger partial charge >= 0.3 is 5.69 Å². The van der Waals surface area contributed by atoms with Crippen molar-refractivity contribution in [2.75, 3.05) is 0 Å². The fraction of sp³-hybridized carbons (Fsp3) is 0.0909. The van der Waals surface area contributed by atoms with E-state index >= 15 is 0 Å². The van der Waals surface area contributed by atoms with Crippen LogP contribution in [0.3, 0.4) is 0 Å². The van der Waals surface area contributed by atoms with Crippen molar-refractivity contribution in [1.29, 1.82) is 0 Å². The van der Waals surface area contributed by atoms with Crippen LogP contribution in [-0.2, 0) is 6.54 Å². The van der Waals surface area contributed by atoms with Gasteiger partial charge in [0.05, 0.1) is 29.4 Å². The Kier molecular flexibility index (Phi) is 3.23. The molecule has 0 unspecified atom stereocenters. The molecular weight excluding hydrogens is 319 g/mol. The van der Waals surface area contributed by atoms with Gasteiger partial charge in [-0.15, -0.1) is 0 Å². The summed E-state index contributed by atoms with van der Waals surface area (Å²) in [4.78, 5) is 22.9. The molecule has 0 radical (unpaired) electrons. The highest BCUT2D eigenvalue weighted by Gasteiger charge is 2.02. The Labute approximate surface area is 106 Å². The Balaban J connectivity index is 2.41. The first-order valence-corrected chi connectivity index (χ1v) is 5.67. The highest BCUT2D eigenvalue weighted by molar-refractivity contribution is 14.1. The Hall–Kier alpha value is -1.37. The number of halogens is 1. The first kappa shape index (κ1) is 11.1. The predicted molar refractivity (Wildman–Crippen MR) is 69.9 cm³/mol. The van der Waals surface area contributed by atoms with E-state index in [9.17, 15) is 9.59 Å². The van der Waals surface area contributed by atoms with Gasteiger partial charge in [-0.3, -0.25) is 9.36 Å². The van der Waals surface area contributed by atoms with E-state index in [-0.39, 0.29) is 11.2 Å². The van der Waals surface area contributed by atoms with Crippen LogP contribution < -0.4 is 11.2 Å². The van der Waals surface area contributed by atoms with Crippen LogP contribution in [-0.4, -0.2) is 7.35 Å². The maximum atomic E-state index is 11.7. The maximum absolute atomic E-state index is 11.7. The van der Waals surface area contributed by atoms with Crippen LogP contribution in [0.2, 0.25) is 0 Å². The van der Waals surface area contributed by atoms with Gasteiger partial charge in [0, 0.05) is 12.3 Å². The molecule has 1 aromatic heterocycles. The summed E-state index contributed by atoms with van der Waals surface area (Å²) in [6, 6.07) is 11.0. The molecule has 1 heterocycles. The second-order valence-electron chi connectivity index (χ2n) is 3.33. The van der Waals surface area contributed by atoms with E-state index in [4.69, 9.17) is 0 Å². The molecule has 0 saturated heterocycles. The normalized spacial score (nSPS) is 10.3. The molecular formula is C11H9IN2O2. The molecule has 0 aliphatic rings. The molecule has 82 valence electrons. The van der Waals surface area contributed by atoms with Crippen molar-refractivity contribution < 1.29 is 0 Å². The monoisotopic (exact) mass is 328 g/mol. The lowest BCUT2D eigenvalue weighted by Crippen LogP contribution is -2.34. The summed E-state index contributed by atoms with van der Waals surface area (Å²) in [5.74, 6) is 0. The molecule has 1 aromatic carbocycles. The van der Waals surface area contributed by atoms with Crippen LogP contribution in [0.5, 0.6) is 0 Å². The van der Waals surface area contributed by atoms with Crippen LogP contribution in [0.1, 0.15) is 5.56 Å². The van der Waals surface area contributed by atoms with Gasteiger partial charge in [0.1, 0.15) is 0 Å². The summed E-state index contributed by atoms with van der Waals surface area (Å²) in [7, 11) is 0. The van der Waals surface area contributed by atoms with Gasteiger partial charge in [0.15, 0.2) is 0 Å². The number of nitrogens with zero attached hydrogens (tertiary/aromatic N) is 2. The molecule has 0 atom stereocenters. The van der Waals surface area contributed by atoms with Gasteiger partial charge in [0.2, 0.25) is 0 Å². The summed E-state index contributed by atoms with van der Waals surface area (Å²) < 4.78 is 2.57. The second kappa shape index (κ2) is 4.65. The quantitative estimate of drug-likeness (QED) is 0.779. The smallest absolute Gasteiger partial charge is 0.295 e. The van der Waals surface area contributed by atoms with Crippen LogP contribution in [0.15, 0.2) is 52.2 Å². The zero-order valence-corrected chi connectivity index (χ0v) is 10.5. The molecule has 0 aliphatic carbocycles. The number of rotatable bonds is 2. The minimum Gasteiger partial charge on any atom is -0.295 e. The van der Waals surface area contributed by atoms with Crippen molar-refractivity contribution in [2.45, 2.75) is 6.54 Å². The zero-order valence-electron chi connectivity index (χ0n) is 8.34. The third kappa shape index (κ3) is 2.24. The van der Waals surface area contributed by atoms with E-state index in [0.29, 0.717) is 6.54 Å². The number of aromatic nitrogens is 2. The molecule has 0 N–H and O–H groups in total. The van der Waals surface area contributed by atoms with Gasteiger partial charge in [-0.25, -0.2) is 4.79 Å². The molecule has 4 nitrogen and oxygen atoms in total. The van der Waals surface area contributed by atoms with Crippen LogP contribution >= 0.6 is 22.9 Å². The molecule has 2 aromatic rings. The van der Waals surface area contributed by atoms with E-state index in [1.165, 1.54) is 16.8 Å². The Morgan fingerprint density at radius 3 is 2.44 bits per heavy atom. The Morgan fingerprint density at radius 1 is 1.06 bits per heavy atom. The summed E-state index contributed by atoms with van der Waals surface area (Å²) in [6.07, 6.45) is 1.52. The maximum Gasteiger partial charge on any atom is 0.340 e. The highest BCUT2D eigenvalue weighted by Crippen LogP contribution is 1.99. The van der Waals surface area contributed by atoms with Crippen LogP contribution in [0.4, 0.5) is 0 Å². The molecule has 0 amide bonds. The summed E-state index contributed by atoms with van der Waals surface area (Å²) >= 11 is 1.71. The average molecular weight is 328 g/mol. The Bertz CT molecular complexity index is 601. The van der Waals surface area contributed by atoms with Crippen molar-refractivity contribution in [2.24, 2.45) is 0 Å². The number of benzene rings is 1. The summed E-state index contributed by atoms with van der Waals surface area (Å²) in [6.45, 7) is 0.475. The summed E-state index contributed by atoms with van der Waals surface area (Å²) in [5, 5.41) is 0. The van der Waals surface area contributed by atoms with E-state index in [1.807, 2.05) is 30.3 Å². The molecule has 0 saturated carbocycles. The SMILES string of the molecule is O=c1ccn(Cc2ccccc2)c(=O)n1I. The van der Waals surface area contributed by atoms with Crippen molar-refractivity contribution in [3.8, 4) is 0 Å². The lowest BCUT2D eigenvalue weighted by atomic mass is 10.2. The summed E-state index contributed by atoms with van der Waals surface area (Å²) in [5.41, 5.74) is 0.423. The molecule has 16 heavy (non-hydrogen) atoms. The minimum absolute atomic E-state index is 0.296. The van der Waals surface area contributed by atoms with Crippen LogP contribution in [0, 0.1) is 0 Å². The molecule has 0 fully saturated rings. The van der Waals surface area contributed by atoms with Gasteiger partial charge in [-0.2, -0.15) is 2.78 Å². The molecule has 0 bridgehead atoms. The zero-order chi connectivity index (χ0) is 11.5. The third-order valence-corrected chi connectivity index (χ3v) is 3.09. The predicted octanol–water partition coefficient (Wildman–Crippen LogP) is 1.26. The molecule has 5 heteroatoms. The van der Waals surface area contributed by atoms with E-state index < -0.39 is 0 Å². The van der Waals surface area contributed by atoms with Crippen LogP contribution in [0.25, 0.3) is 0 Å². The molecule has 2 rings (SSSR count). The van der Waals surface area contributed by atoms with E-state index in [1.54, 1.807) is 22.9 Å². The first-order valence-electron chi connectivity index (χ1n) is 4.71. The minimum atomic E-state index is -0.308. The highest BCUT2D eigenvalue weighted by atomic mass is 127. The van der Waals surface area contributed by atoms with Gasteiger partial charge in [-0.1, -0.05) is 30.3 Å². The molecule has 0 spiro atoms. The fourth-order valence-electron chi connectivity index (χ4n) is 1.39. The third-order valence-electron chi connectivity index (χ3n) is 2.20. The van der Waals surface area contributed by atoms with E-state index in [2.05, 4.69) is 0 Å². The van der Waals surface area contributed by atoms with Crippen molar-refractivity contribution >= 4 is 22.9 Å². The van der Waals surface area contributed by atoms with Gasteiger partial charge in [-0.05, 0) is 5.56 Å². The lowest BCUT2D eigenvalue weighted by Gasteiger charge is -2.05. The largest absolute Gasteiger partial charge is 0.340 e.